The lowest BCUT2D eigenvalue weighted by atomic mass is 10.3. The van der Waals surface area contributed by atoms with E-state index in [0.29, 0.717) is 6.42 Å². The summed E-state index contributed by atoms with van der Waals surface area (Å²) in [7, 11) is 3.62. The van der Waals surface area contributed by atoms with Crippen LogP contribution in [0.2, 0.25) is 0 Å². The first kappa shape index (κ1) is 27.4. The van der Waals surface area contributed by atoms with E-state index >= 15 is 0 Å². The Morgan fingerprint density at radius 3 is 1.68 bits per heavy atom. The molecule has 1 unspecified atom stereocenters. The fourth-order valence-corrected chi connectivity index (χ4v) is 1.73. The molecular formula is C12H20Cl2F6S2. The summed E-state index contributed by atoms with van der Waals surface area (Å²) in [5.74, 6) is -0.0428. The summed E-state index contributed by atoms with van der Waals surface area (Å²) in [6.07, 6.45) is 5.78. The van der Waals surface area contributed by atoms with Crippen LogP contribution in [0, 0.1) is 0 Å². The van der Waals surface area contributed by atoms with Crippen molar-refractivity contribution in [1.29, 1.82) is 0 Å². The third kappa shape index (κ3) is 37.1. The lowest BCUT2D eigenvalue weighted by Crippen LogP contribution is -2.08. The van der Waals surface area contributed by atoms with Crippen LogP contribution >= 0.6 is 45.0 Å². The zero-order chi connectivity index (χ0) is 18.2. The number of hydrogen-bond donors (Lipinski definition) is 0. The summed E-state index contributed by atoms with van der Waals surface area (Å²) in [4.78, 5) is 0. The Labute approximate surface area is 145 Å². The van der Waals surface area contributed by atoms with Crippen LogP contribution in [0.1, 0.15) is 39.5 Å². The highest BCUT2D eigenvalue weighted by atomic mass is 35.7. The van der Waals surface area contributed by atoms with Crippen LogP contribution in [0.25, 0.3) is 0 Å². The third-order valence-electron chi connectivity index (χ3n) is 1.61. The van der Waals surface area contributed by atoms with E-state index in [1.54, 1.807) is 0 Å². The number of thioether (sulfide) groups is 1. The molecule has 0 nitrogen and oxygen atoms in total. The summed E-state index contributed by atoms with van der Waals surface area (Å²) in [5.41, 5.74) is -8.41. The van der Waals surface area contributed by atoms with Gasteiger partial charge in [0.2, 0.25) is 0 Å². The minimum Gasteiger partial charge on any atom is -0.160 e. The van der Waals surface area contributed by atoms with E-state index in [0.717, 1.165) is 12.8 Å². The van der Waals surface area contributed by atoms with E-state index in [4.69, 9.17) is 11.6 Å². The Morgan fingerprint density at radius 2 is 1.50 bits per heavy atom. The van der Waals surface area contributed by atoms with Gasteiger partial charge in [-0.3, -0.25) is 0 Å². The van der Waals surface area contributed by atoms with Gasteiger partial charge in [-0.05, 0) is 35.3 Å². The first-order chi connectivity index (χ1) is 9.93. The van der Waals surface area contributed by atoms with E-state index in [1.807, 2.05) is 13.0 Å². The van der Waals surface area contributed by atoms with E-state index in [2.05, 4.69) is 24.2 Å². The van der Waals surface area contributed by atoms with Gasteiger partial charge in [0, 0.05) is 11.1 Å². The van der Waals surface area contributed by atoms with Crippen molar-refractivity contribution in [3.63, 3.8) is 0 Å². The first-order valence-corrected chi connectivity index (χ1v) is 9.32. The fourth-order valence-electron chi connectivity index (χ4n) is 0.786. The van der Waals surface area contributed by atoms with Crippen molar-refractivity contribution >= 4 is 45.0 Å². The van der Waals surface area contributed by atoms with Crippen LogP contribution in [0.3, 0.4) is 0 Å². The lowest BCUT2D eigenvalue weighted by molar-refractivity contribution is -0.0332. The van der Waals surface area contributed by atoms with Gasteiger partial charge in [0.1, 0.15) is 0 Å². The molecule has 10 heteroatoms. The second kappa shape index (κ2) is 16.5. The zero-order valence-corrected chi connectivity index (χ0v) is 15.4. The van der Waals surface area contributed by atoms with Crippen LogP contribution < -0.4 is 0 Å². The Kier molecular flexibility index (Phi) is 20.5. The molecule has 0 aliphatic rings. The molecule has 0 saturated heterocycles. The molecule has 0 aromatic rings. The van der Waals surface area contributed by atoms with Gasteiger partial charge in [0.05, 0.1) is 11.0 Å². The van der Waals surface area contributed by atoms with E-state index in [-0.39, 0.29) is 22.9 Å². The maximum absolute atomic E-state index is 11.6. The van der Waals surface area contributed by atoms with Crippen molar-refractivity contribution in [2.75, 3.05) is 5.75 Å². The average molecular weight is 413 g/mol. The third-order valence-corrected chi connectivity index (χ3v) is 3.76. The Bertz CT molecular complexity index is 247. The number of hydrogen-bond acceptors (Lipinski definition) is 2. The molecule has 0 aliphatic carbocycles. The molecule has 0 N–H and O–H groups in total. The van der Waals surface area contributed by atoms with Gasteiger partial charge in [0.25, 0.3) is 0 Å². The second-order valence-corrected chi connectivity index (χ2v) is 6.53. The largest absolute Gasteiger partial charge is 0.456 e. The minimum atomic E-state index is -4.28. The standard InChI is InChI=1S/C6H10ClF3S.C5H10.CClF3S/c1-2-3-5(7)4-11-6(8,9)10;1-3-5-4-2;2-6-1(3,4)5/h5H,2-4H2,1H3;3H,1,4-5H2,2H3;. The monoisotopic (exact) mass is 412 g/mol. The molecule has 0 aromatic carbocycles. The summed E-state index contributed by atoms with van der Waals surface area (Å²) in [6.45, 7) is 7.59. The molecule has 1 atom stereocenters. The Morgan fingerprint density at radius 1 is 1.05 bits per heavy atom. The maximum Gasteiger partial charge on any atom is 0.456 e. The molecule has 0 heterocycles. The van der Waals surface area contributed by atoms with Crippen LogP contribution in [-0.2, 0) is 0 Å². The van der Waals surface area contributed by atoms with Crippen molar-refractivity contribution in [1.82, 2.24) is 0 Å². The predicted molar refractivity (Wildman–Crippen MR) is 87.7 cm³/mol. The van der Waals surface area contributed by atoms with Crippen molar-refractivity contribution in [3.05, 3.63) is 12.7 Å². The average Bonchev–Trinajstić information content (AvgIpc) is 2.38. The zero-order valence-electron chi connectivity index (χ0n) is 12.2. The quantitative estimate of drug-likeness (QED) is 0.246. The highest BCUT2D eigenvalue weighted by Crippen LogP contribution is 2.33. The summed E-state index contributed by atoms with van der Waals surface area (Å²) >= 11 is 5.52. The molecule has 136 valence electrons. The van der Waals surface area contributed by atoms with E-state index in [9.17, 15) is 26.3 Å². The maximum atomic E-state index is 11.6. The number of rotatable bonds is 6. The molecule has 0 fully saturated rings. The minimum absolute atomic E-state index is 0.0428. The van der Waals surface area contributed by atoms with E-state index in [1.165, 1.54) is 6.42 Å². The molecule has 0 rings (SSSR count). The van der Waals surface area contributed by atoms with Crippen molar-refractivity contribution < 1.29 is 26.3 Å². The summed E-state index contributed by atoms with van der Waals surface area (Å²) in [5, 5.41) is -0.355. The molecule has 22 heavy (non-hydrogen) atoms. The second-order valence-electron chi connectivity index (χ2n) is 3.74. The molecule has 0 aliphatic heterocycles. The first-order valence-electron chi connectivity index (χ1n) is 6.25. The normalized spacial score (nSPS) is 12.5. The number of allylic oxidation sites excluding steroid dienone is 1. The van der Waals surface area contributed by atoms with Crippen LogP contribution in [0.4, 0.5) is 26.3 Å². The van der Waals surface area contributed by atoms with Gasteiger partial charge in [-0.25, -0.2) is 0 Å². The van der Waals surface area contributed by atoms with Gasteiger partial charge in [-0.1, -0.05) is 32.8 Å². The Balaban J connectivity index is -0.000000277. The highest BCUT2D eigenvalue weighted by Gasteiger charge is 2.28. The number of halogens is 8. The number of unbranched alkanes of at least 4 members (excludes halogenated alkanes) is 1. The van der Waals surface area contributed by atoms with Crippen molar-refractivity contribution in [3.8, 4) is 0 Å². The van der Waals surface area contributed by atoms with Gasteiger partial charge in [-0.15, -0.1) is 18.2 Å². The van der Waals surface area contributed by atoms with Crippen LogP contribution in [-0.4, -0.2) is 22.1 Å². The van der Waals surface area contributed by atoms with Crippen molar-refractivity contribution in [2.24, 2.45) is 0 Å². The molecule has 0 aromatic heterocycles. The van der Waals surface area contributed by atoms with Crippen LogP contribution in [0.5, 0.6) is 0 Å². The van der Waals surface area contributed by atoms with Gasteiger partial charge in [-0.2, -0.15) is 26.3 Å². The molecule has 0 amide bonds. The highest BCUT2D eigenvalue weighted by molar-refractivity contribution is 8.21. The van der Waals surface area contributed by atoms with Crippen molar-refractivity contribution in [2.45, 2.75) is 55.9 Å². The molecule has 0 bridgehead atoms. The smallest absolute Gasteiger partial charge is 0.160 e. The molecular weight excluding hydrogens is 393 g/mol. The Hall–Kier alpha value is 0.600. The SMILES string of the molecule is C=CCCC.CCCC(Cl)CSC(F)(F)F.FC(F)(F)SCl. The predicted octanol–water partition coefficient (Wildman–Crippen LogP) is 8.01. The number of alkyl halides is 7. The lowest BCUT2D eigenvalue weighted by Gasteiger charge is -2.08. The van der Waals surface area contributed by atoms with Gasteiger partial charge in [0.15, 0.2) is 0 Å². The van der Waals surface area contributed by atoms with Gasteiger partial charge < -0.3 is 0 Å². The molecule has 0 saturated carbocycles. The summed E-state index contributed by atoms with van der Waals surface area (Å²) < 4.78 is 66.5. The molecule has 0 spiro atoms. The molecule has 0 radical (unpaired) electrons. The topological polar surface area (TPSA) is 0 Å². The fraction of sp³-hybridized carbons (Fsp3) is 0.833. The summed E-state index contributed by atoms with van der Waals surface area (Å²) in [6, 6.07) is 0. The van der Waals surface area contributed by atoms with Crippen LogP contribution in [0.15, 0.2) is 12.7 Å². The van der Waals surface area contributed by atoms with Gasteiger partial charge >= 0.3 is 11.0 Å². The van der Waals surface area contributed by atoms with E-state index < -0.39 is 22.0 Å².